The van der Waals surface area contributed by atoms with Crippen molar-refractivity contribution in [3.8, 4) is 0 Å². The summed E-state index contributed by atoms with van der Waals surface area (Å²) >= 11 is 0. The van der Waals surface area contributed by atoms with E-state index < -0.39 is 11.5 Å². The van der Waals surface area contributed by atoms with Gasteiger partial charge >= 0.3 is 5.97 Å². The summed E-state index contributed by atoms with van der Waals surface area (Å²) in [6.07, 6.45) is 1.16. The summed E-state index contributed by atoms with van der Waals surface area (Å²) in [4.78, 5) is 23.4. The fourth-order valence-corrected chi connectivity index (χ4v) is 2.59. The Morgan fingerprint density at radius 1 is 1.32 bits per heavy atom. The van der Waals surface area contributed by atoms with Crippen LogP contribution in [-0.4, -0.2) is 35.7 Å². The molecular weight excluding hydrogens is 248 g/mol. The molecule has 100 valence electrons. The van der Waals surface area contributed by atoms with Crippen LogP contribution in [0.4, 0.5) is 11.4 Å². The molecule has 0 unspecified atom stereocenters. The molecule has 0 bridgehead atoms. The zero-order valence-electron chi connectivity index (χ0n) is 10.2. The Labute approximate surface area is 109 Å². The highest BCUT2D eigenvalue weighted by Crippen LogP contribution is 2.37. The Balaban J connectivity index is 2.02. The van der Waals surface area contributed by atoms with Crippen molar-refractivity contribution in [2.24, 2.45) is 0 Å². The highest BCUT2D eigenvalue weighted by Gasteiger charge is 2.44. The Morgan fingerprint density at radius 3 is 2.74 bits per heavy atom. The molecule has 19 heavy (non-hydrogen) atoms. The lowest BCUT2D eigenvalue weighted by Gasteiger charge is -2.41. The van der Waals surface area contributed by atoms with Crippen molar-refractivity contribution in [2.45, 2.75) is 18.4 Å². The third kappa shape index (κ3) is 1.84. The van der Waals surface area contributed by atoms with Gasteiger partial charge in [-0.05, 0) is 12.1 Å². The van der Waals surface area contributed by atoms with Crippen molar-refractivity contribution in [3.05, 3.63) is 23.8 Å². The third-order valence-electron chi connectivity index (χ3n) is 3.69. The maximum atomic E-state index is 12.3. The van der Waals surface area contributed by atoms with E-state index in [1.807, 2.05) is 0 Å². The van der Waals surface area contributed by atoms with Crippen molar-refractivity contribution < 1.29 is 19.4 Å². The fourth-order valence-electron chi connectivity index (χ4n) is 2.59. The zero-order chi connectivity index (χ0) is 13.5. The molecule has 2 aliphatic rings. The lowest BCUT2D eigenvalue weighted by Crippen LogP contribution is -2.55. The van der Waals surface area contributed by atoms with Crippen LogP contribution in [0, 0.1) is 0 Å². The molecule has 1 aromatic carbocycles. The number of carbonyl (C=O) groups is 2. The van der Waals surface area contributed by atoms with Gasteiger partial charge in [0, 0.05) is 26.1 Å². The molecule has 1 amide bonds. The first-order chi connectivity index (χ1) is 9.12. The number of rotatable bonds is 1. The first kappa shape index (κ1) is 12.0. The number of carbonyl (C=O) groups excluding carboxylic acids is 1. The molecule has 0 radical (unpaired) electrons. The van der Waals surface area contributed by atoms with E-state index in [1.54, 1.807) is 12.1 Å². The van der Waals surface area contributed by atoms with Crippen molar-refractivity contribution in [2.75, 3.05) is 23.8 Å². The maximum Gasteiger partial charge on any atom is 0.337 e. The standard InChI is InChI=1S/C13H14N2O4/c16-11(17)8-2-1-3-9-10(8)14-12(18)13(15-9)4-6-19-7-5-13/h1-3,15H,4-7H2,(H,14,18)(H,16,17). The quantitative estimate of drug-likeness (QED) is 0.710. The number of ether oxygens (including phenoxy) is 1. The van der Waals surface area contributed by atoms with E-state index >= 15 is 0 Å². The number of aromatic carboxylic acids is 1. The highest BCUT2D eigenvalue weighted by atomic mass is 16.5. The smallest absolute Gasteiger partial charge is 0.337 e. The van der Waals surface area contributed by atoms with E-state index in [2.05, 4.69) is 10.6 Å². The van der Waals surface area contributed by atoms with Crippen molar-refractivity contribution in [1.82, 2.24) is 0 Å². The fraction of sp³-hybridized carbons (Fsp3) is 0.385. The number of anilines is 2. The number of nitrogens with one attached hydrogen (secondary N) is 2. The first-order valence-corrected chi connectivity index (χ1v) is 6.16. The monoisotopic (exact) mass is 262 g/mol. The number of hydrogen-bond donors (Lipinski definition) is 3. The minimum absolute atomic E-state index is 0.0975. The summed E-state index contributed by atoms with van der Waals surface area (Å²) < 4.78 is 5.28. The van der Waals surface area contributed by atoms with Crippen molar-refractivity contribution >= 4 is 23.3 Å². The van der Waals surface area contributed by atoms with Crippen LogP contribution in [0.2, 0.25) is 0 Å². The van der Waals surface area contributed by atoms with Gasteiger partial charge in [-0.3, -0.25) is 4.79 Å². The minimum atomic E-state index is -1.05. The Kier molecular flexibility index (Phi) is 2.67. The SMILES string of the molecule is O=C(O)c1cccc2c1NC(=O)C1(CCOCC1)N2. The largest absolute Gasteiger partial charge is 0.478 e. The van der Waals surface area contributed by atoms with Gasteiger partial charge in [0.25, 0.3) is 0 Å². The second kappa shape index (κ2) is 4.24. The van der Waals surface area contributed by atoms with Crippen LogP contribution in [0.25, 0.3) is 0 Å². The summed E-state index contributed by atoms with van der Waals surface area (Å²) in [5.41, 5.74) is 0.418. The number of hydrogen-bond acceptors (Lipinski definition) is 4. The molecule has 1 saturated heterocycles. The van der Waals surface area contributed by atoms with E-state index in [9.17, 15) is 9.59 Å². The molecule has 1 aromatic rings. The Bertz CT molecular complexity index is 550. The summed E-state index contributed by atoms with van der Waals surface area (Å²) in [7, 11) is 0. The van der Waals surface area contributed by atoms with Crippen LogP contribution in [0.5, 0.6) is 0 Å². The van der Waals surface area contributed by atoms with Gasteiger partial charge in [0.05, 0.1) is 16.9 Å². The van der Waals surface area contributed by atoms with E-state index in [-0.39, 0.29) is 11.5 Å². The average molecular weight is 262 g/mol. The number of amides is 1. The molecule has 6 nitrogen and oxygen atoms in total. The van der Waals surface area contributed by atoms with Gasteiger partial charge in [-0.25, -0.2) is 4.79 Å². The molecule has 1 fully saturated rings. The number of benzene rings is 1. The molecule has 1 spiro atoms. The third-order valence-corrected chi connectivity index (χ3v) is 3.69. The van der Waals surface area contributed by atoms with Crippen LogP contribution in [0.1, 0.15) is 23.2 Å². The number of fused-ring (bicyclic) bond motifs is 1. The number of para-hydroxylation sites is 1. The first-order valence-electron chi connectivity index (χ1n) is 6.16. The minimum Gasteiger partial charge on any atom is -0.478 e. The molecule has 2 heterocycles. The molecule has 2 aliphatic heterocycles. The van der Waals surface area contributed by atoms with E-state index in [0.29, 0.717) is 37.4 Å². The Morgan fingerprint density at radius 2 is 2.05 bits per heavy atom. The molecule has 6 heteroatoms. The van der Waals surface area contributed by atoms with Gasteiger partial charge in [-0.15, -0.1) is 0 Å². The predicted molar refractivity (Wildman–Crippen MR) is 68.4 cm³/mol. The number of carboxylic acids is 1. The summed E-state index contributed by atoms with van der Waals surface area (Å²) in [6.45, 7) is 1.04. The summed E-state index contributed by atoms with van der Waals surface area (Å²) in [5.74, 6) is -1.24. The normalized spacial score (nSPS) is 20.3. The average Bonchev–Trinajstić information content (AvgIpc) is 2.40. The van der Waals surface area contributed by atoms with Crippen LogP contribution in [-0.2, 0) is 9.53 Å². The van der Waals surface area contributed by atoms with E-state index in [4.69, 9.17) is 9.84 Å². The van der Waals surface area contributed by atoms with Gasteiger partial charge in [0.1, 0.15) is 5.54 Å². The lowest BCUT2D eigenvalue weighted by atomic mass is 9.86. The zero-order valence-corrected chi connectivity index (χ0v) is 10.2. The van der Waals surface area contributed by atoms with Gasteiger partial charge in [0.15, 0.2) is 0 Å². The lowest BCUT2D eigenvalue weighted by molar-refractivity contribution is -0.123. The van der Waals surface area contributed by atoms with Crippen LogP contribution in [0.3, 0.4) is 0 Å². The topological polar surface area (TPSA) is 87.7 Å². The molecule has 3 N–H and O–H groups in total. The van der Waals surface area contributed by atoms with Crippen LogP contribution in [0.15, 0.2) is 18.2 Å². The van der Waals surface area contributed by atoms with Crippen LogP contribution < -0.4 is 10.6 Å². The summed E-state index contributed by atoms with van der Waals surface area (Å²) in [6, 6.07) is 4.92. The van der Waals surface area contributed by atoms with E-state index in [0.717, 1.165) is 0 Å². The highest BCUT2D eigenvalue weighted by molar-refractivity contribution is 6.11. The second-order valence-corrected chi connectivity index (χ2v) is 4.81. The molecule has 0 atom stereocenters. The molecule has 3 rings (SSSR count). The van der Waals surface area contributed by atoms with Gasteiger partial charge in [0.2, 0.25) is 5.91 Å². The van der Waals surface area contributed by atoms with Crippen molar-refractivity contribution in [3.63, 3.8) is 0 Å². The Hall–Kier alpha value is -2.08. The van der Waals surface area contributed by atoms with Gasteiger partial charge in [-0.2, -0.15) is 0 Å². The molecule has 0 aromatic heterocycles. The molecular formula is C13H14N2O4. The second-order valence-electron chi connectivity index (χ2n) is 4.81. The predicted octanol–water partition coefficient (Wildman–Crippen LogP) is 1.30. The molecule has 0 aliphatic carbocycles. The number of carboxylic acid groups (broad SMARTS) is 1. The summed E-state index contributed by atoms with van der Waals surface area (Å²) in [5, 5.41) is 15.1. The van der Waals surface area contributed by atoms with Crippen molar-refractivity contribution in [1.29, 1.82) is 0 Å². The van der Waals surface area contributed by atoms with Gasteiger partial charge < -0.3 is 20.5 Å². The van der Waals surface area contributed by atoms with E-state index in [1.165, 1.54) is 6.07 Å². The van der Waals surface area contributed by atoms with Gasteiger partial charge in [-0.1, -0.05) is 6.07 Å². The molecule has 0 saturated carbocycles. The maximum absolute atomic E-state index is 12.3. The van der Waals surface area contributed by atoms with Crippen LogP contribution >= 0.6 is 0 Å².